The molecule has 0 aliphatic rings. The van der Waals surface area contributed by atoms with Crippen molar-refractivity contribution in [1.29, 1.82) is 0 Å². The van der Waals surface area contributed by atoms with E-state index in [1.807, 2.05) is 18.2 Å². The Kier molecular flexibility index (Phi) is 2.42. The monoisotopic (exact) mass is 242 g/mol. The van der Waals surface area contributed by atoms with Crippen LogP contribution in [0, 0.1) is 0 Å². The maximum absolute atomic E-state index is 11.2. The number of benzene rings is 1. The van der Waals surface area contributed by atoms with Gasteiger partial charge in [0.05, 0.1) is 5.69 Å². The summed E-state index contributed by atoms with van der Waals surface area (Å²) in [6, 6.07) is 6.97. The number of nitrogens with two attached hydrogens (primary N) is 1. The van der Waals surface area contributed by atoms with Gasteiger partial charge in [0.1, 0.15) is 5.52 Å². The van der Waals surface area contributed by atoms with Crippen molar-refractivity contribution < 1.29 is 4.42 Å². The zero-order chi connectivity index (χ0) is 12.5. The van der Waals surface area contributed by atoms with Gasteiger partial charge in [0.15, 0.2) is 12.0 Å². The molecule has 1 aromatic carbocycles. The highest BCUT2D eigenvalue weighted by atomic mass is 16.3. The third-order valence-corrected chi connectivity index (χ3v) is 2.71. The van der Waals surface area contributed by atoms with Gasteiger partial charge in [-0.15, -0.1) is 0 Å². The van der Waals surface area contributed by atoms with Crippen molar-refractivity contribution in [2.24, 2.45) is 5.73 Å². The quantitative estimate of drug-likeness (QED) is 0.699. The molecule has 0 aliphatic carbocycles. The fourth-order valence-corrected chi connectivity index (χ4v) is 1.85. The Balaban J connectivity index is 2.21. The first-order valence-corrected chi connectivity index (χ1v) is 5.40. The molecule has 0 amide bonds. The summed E-state index contributed by atoms with van der Waals surface area (Å²) in [5.41, 5.74) is 8.97. The number of nitrogens with one attached hydrogen (secondary N) is 1. The van der Waals surface area contributed by atoms with Crippen LogP contribution in [0.1, 0.15) is 5.56 Å². The van der Waals surface area contributed by atoms with Crippen LogP contribution < -0.4 is 11.3 Å². The highest BCUT2D eigenvalue weighted by Crippen LogP contribution is 2.23. The maximum Gasteiger partial charge on any atom is 0.264 e. The molecule has 0 aliphatic heterocycles. The Morgan fingerprint density at radius 2 is 2.22 bits per heavy atom. The largest absolute Gasteiger partial charge is 0.443 e. The molecular weight excluding hydrogens is 232 g/mol. The van der Waals surface area contributed by atoms with E-state index in [1.54, 1.807) is 0 Å². The van der Waals surface area contributed by atoms with Crippen LogP contribution in [0.3, 0.4) is 0 Å². The highest BCUT2D eigenvalue weighted by molar-refractivity contribution is 5.79. The van der Waals surface area contributed by atoms with Gasteiger partial charge in [0, 0.05) is 18.2 Å². The Bertz CT molecular complexity index is 760. The number of aromatic amines is 1. The first-order valence-electron chi connectivity index (χ1n) is 5.40. The van der Waals surface area contributed by atoms with Gasteiger partial charge in [-0.05, 0) is 17.7 Å². The molecule has 0 atom stereocenters. The van der Waals surface area contributed by atoms with Gasteiger partial charge in [0.2, 0.25) is 0 Å². The summed E-state index contributed by atoms with van der Waals surface area (Å²) in [7, 11) is 0. The second kappa shape index (κ2) is 4.08. The van der Waals surface area contributed by atoms with Crippen LogP contribution in [0.4, 0.5) is 0 Å². The van der Waals surface area contributed by atoms with E-state index >= 15 is 0 Å². The zero-order valence-corrected chi connectivity index (χ0v) is 9.38. The van der Waals surface area contributed by atoms with Gasteiger partial charge >= 0.3 is 0 Å². The SMILES string of the molecule is NCc1cc(=O)[nH]nc1-c1ccc2ncoc2c1. The molecule has 0 bridgehead atoms. The summed E-state index contributed by atoms with van der Waals surface area (Å²) in [6.45, 7) is 0.251. The van der Waals surface area contributed by atoms with E-state index in [0.717, 1.165) is 11.1 Å². The van der Waals surface area contributed by atoms with Crippen molar-refractivity contribution in [3.8, 4) is 11.3 Å². The number of rotatable bonds is 2. The van der Waals surface area contributed by atoms with Gasteiger partial charge < -0.3 is 10.2 Å². The molecule has 3 aromatic rings. The van der Waals surface area contributed by atoms with Gasteiger partial charge in [-0.3, -0.25) is 4.79 Å². The van der Waals surface area contributed by atoms with Crippen molar-refractivity contribution in [2.45, 2.75) is 6.54 Å². The van der Waals surface area contributed by atoms with Crippen LogP contribution in [0.25, 0.3) is 22.4 Å². The Labute approximate surface area is 101 Å². The molecule has 0 unspecified atom stereocenters. The van der Waals surface area contributed by atoms with E-state index in [9.17, 15) is 4.79 Å². The van der Waals surface area contributed by atoms with E-state index in [0.29, 0.717) is 16.8 Å². The average Bonchev–Trinajstić information content (AvgIpc) is 2.85. The molecule has 3 rings (SSSR count). The molecule has 0 saturated carbocycles. The summed E-state index contributed by atoms with van der Waals surface area (Å²) in [4.78, 5) is 15.2. The van der Waals surface area contributed by atoms with E-state index in [-0.39, 0.29) is 12.1 Å². The van der Waals surface area contributed by atoms with Crippen molar-refractivity contribution >= 4 is 11.1 Å². The highest BCUT2D eigenvalue weighted by Gasteiger charge is 2.09. The topological polar surface area (TPSA) is 97.8 Å². The minimum atomic E-state index is -0.264. The smallest absolute Gasteiger partial charge is 0.264 e. The average molecular weight is 242 g/mol. The number of nitrogens with zero attached hydrogens (tertiary/aromatic N) is 2. The van der Waals surface area contributed by atoms with Crippen LogP contribution in [0.15, 0.2) is 39.9 Å². The molecule has 6 heteroatoms. The molecule has 0 spiro atoms. The Hall–Kier alpha value is -2.47. The second-order valence-electron chi connectivity index (χ2n) is 3.85. The van der Waals surface area contributed by atoms with Crippen molar-refractivity contribution in [1.82, 2.24) is 15.2 Å². The summed E-state index contributed by atoms with van der Waals surface area (Å²) < 4.78 is 5.24. The number of hydrogen-bond donors (Lipinski definition) is 2. The molecule has 2 aromatic heterocycles. The molecule has 3 N–H and O–H groups in total. The minimum absolute atomic E-state index is 0.251. The van der Waals surface area contributed by atoms with Crippen LogP contribution >= 0.6 is 0 Å². The molecule has 0 saturated heterocycles. The standard InChI is InChI=1S/C12H10N4O2/c13-5-8-4-11(17)15-16-12(8)7-1-2-9-10(3-7)18-6-14-9/h1-4,6H,5,13H2,(H,15,17). The van der Waals surface area contributed by atoms with Crippen molar-refractivity contribution in [3.63, 3.8) is 0 Å². The molecule has 0 fully saturated rings. The molecule has 6 nitrogen and oxygen atoms in total. The van der Waals surface area contributed by atoms with Crippen molar-refractivity contribution in [2.75, 3.05) is 0 Å². The first kappa shape index (κ1) is 10.7. The van der Waals surface area contributed by atoms with E-state index < -0.39 is 0 Å². The van der Waals surface area contributed by atoms with E-state index in [2.05, 4.69) is 15.2 Å². The van der Waals surface area contributed by atoms with Crippen LogP contribution in [0.5, 0.6) is 0 Å². The van der Waals surface area contributed by atoms with Crippen molar-refractivity contribution in [3.05, 3.63) is 46.6 Å². The number of aromatic nitrogens is 3. The lowest BCUT2D eigenvalue weighted by Gasteiger charge is -2.05. The number of oxazole rings is 1. The van der Waals surface area contributed by atoms with Crippen LogP contribution in [0.2, 0.25) is 0 Å². The van der Waals surface area contributed by atoms with Gasteiger partial charge in [0.25, 0.3) is 5.56 Å². The third kappa shape index (κ3) is 1.68. The molecule has 0 radical (unpaired) electrons. The Morgan fingerprint density at radius 1 is 1.33 bits per heavy atom. The van der Waals surface area contributed by atoms with Crippen LogP contribution in [-0.4, -0.2) is 15.2 Å². The Morgan fingerprint density at radius 3 is 3.06 bits per heavy atom. The number of H-pyrrole nitrogens is 1. The molecule has 2 heterocycles. The second-order valence-corrected chi connectivity index (χ2v) is 3.85. The van der Waals surface area contributed by atoms with Gasteiger partial charge in [-0.1, -0.05) is 6.07 Å². The molecular formula is C12H10N4O2. The summed E-state index contributed by atoms with van der Waals surface area (Å²) in [6.07, 6.45) is 1.39. The fourth-order valence-electron chi connectivity index (χ4n) is 1.85. The predicted molar refractivity (Wildman–Crippen MR) is 65.8 cm³/mol. The molecule has 18 heavy (non-hydrogen) atoms. The van der Waals surface area contributed by atoms with Gasteiger partial charge in [-0.2, -0.15) is 5.10 Å². The summed E-state index contributed by atoms with van der Waals surface area (Å²) >= 11 is 0. The maximum atomic E-state index is 11.2. The lowest BCUT2D eigenvalue weighted by molar-refractivity contribution is 0.602. The minimum Gasteiger partial charge on any atom is -0.443 e. The van der Waals surface area contributed by atoms with Crippen LogP contribution in [-0.2, 0) is 6.54 Å². The summed E-state index contributed by atoms with van der Waals surface area (Å²) in [5.74, 6) is 0. The fraction of sp³-hybridized carbons (Fsp3) is 0.0833. The lowest BCUT2D eigenvalue weighted by Crippen LogP contribution is -2.12. The summed E-state index contributed by atoms with van der Waals surface area (Å²) in [5, 5.41) is 6.44. The van der Waals surface area contributed by atoms with Gasteiger partial charge in [-0.25, -0.2) is 10.1 Å². The predicted octanol–water partition coefficient (Wildman–Crippen LogP) is 1.04. The lowest BCUT2D eigenvalue weighted by atomic mass is 10.1. The van der Waals surface area contributed by atoms with E-state index in [1.165, 1.54) is 12.5 Å². The third-order valence-electron chi connectivity index (χ3n) is 2.71. The normalized spacial score (nSPS) is 10.9. The molecule has 90 valence electrons. The number of hydrogen-bond acceptors (Lipinski definition) is 5. The number of fused-ring (bicyclic) bond motifs is 1. The van der Waals surface area contributed by atoms with E-state index in [4.69, 9.17) is 10.2 Å². The zero-order valence-electron chi connectivity index (χ0n) is 9.38. The first-order chi connectivity index (χ1) is 8.78.